The molecule has 7 heteroatoms. The lowest BCUT2D eigenvalue weighted by atomic mass is 10.2. The third-order valence-corrected chi connectivity index (χ3v) is 5.17. The molecule has 1 saturated heterocycles. The second-order valence-electron chi connectivity index (χ2n) is 7.12. The van der Waals surface area contributed by atoms with Crippen molar-refractivity contribution in [3.8, 4) is 0 Å². The zero-order chi connectivity index (χ0) is 17.2. The van der Waals surface area contributed by atoms with Gasteiger partial charge in [-0.25, -0.2) is 0 Å². The maximum Gasteiger partial charge on any atom is 0.191 e. The van der Waals surface area contributed by atoms with Crippen LogP contribution in [0.25, 0.3) is 0 Å². The van der Waals surface area contributed by atoms with Crippen LogP contribution in [0.5, 0.6) is 0 Å². The molecule has 0 bridgehead atoms. The van der Waals surface area contributed by atoms with Crippen molar-refractivity contribution in [2.45, 2.75) is 51.1 Å². The summed E-state index contributed by atoms with van der Waals surface area (Å²) in [5.41, 5.74) is 0. The molecule has 1 aliphatic heterocycles. The van der Waals surface area contributed by atoms with Crippen LogP contribution in [-0.2, 0) is 4.74 Å². The number of hydrogen-bond donors (Lipinski definition) is 2. The van der Waals surface area contributed by atoms with Crippen molar-refractivity contribution in [3.63, 3.8) is 0 Å². The molecule has 1 aliphatic carbocycles. The lowest BCUT2D eigenvalue weighted by molar-refractivity contribution is 0.163. The molecule has 1 atom stereocenters. The molecule has 0 aromatic rings. The van der Waals surface area contributed by atoms with Gasteiger partial charge < -0.3 is 20.3 Å². The highest BCUT2D eigenvalue weighted by Gasteiger charge is 2.30. The summed E-state index contributed by atoms with van der Waals surface area (Å²) in [7, 11) is 3.86. The Morgan fingerprint density at radius 3 is 2.68 bits per heavy atom. The lowest BCUT2D eigenvalue weighted by Crippen LogP contribution is -2.45. The Kier molecular flexibility index (Phi) is 12.0. The fourth-order valence-corrected chi connectivity index (χ4v) is 3.71. The molecule has 2 aliphatic rings. The molecule has 1 heterocycles. The van der Waals surface area contributed by atoms with Crippen LogP contribution < -0.4 is 10.6 Å². The number of aliphatic imine (C=N–C) groups is 1. The van der Waals surface area contributed by atoms with E-state index in [1.807, 2.05) is 0 Å². The maximum atomic E-state index is 5.11. The molecule has 6 nitrogen and oxygen atoms in total. The van der Waals surface area contributed by atoms with Crippen LogP contribution in [0.2, 0.25) is 0 Å². The predicted octanol–water partition coefficient (Wildman–Crippen LogP) is 1.75. The summed E-state index contributed by atoms with van der Waals surface area (Å²) in [6, 6.07) is 1.38. The summed E-state index contributed by atoms with van der Waals surface area (Å²) in [4.78, 5) is 9.69. The molecule has 0 spiro atoms. The molecule has 148 valence electrons. The van der Waals surface area contributed by atoms with Gasteiger partial charge >= 0.3 is 0 Å². The second kappa shape index (κ2) is 13.1. The lowest BCUT2D eigenvalue weighted by Gasteiger charge is -2.24. The van der Waals surface area contributed by atoms with Gasteiger partial charge in [0, 0.05) is 51.9 Å². The maximum absolute atomic E-state index is 5.11. The highest BCUT2D eigenvalue weighted by molar-refractivity contribution is 14.0. The molecule has 0 aromatic carbocycles. The summed E-state index contributed by atoms with van der Waals surface area (Å²) < 4.78 is 5.11. The van der Waals surface area contributed by atoms with Crippen LogP contribution in [0.4, 0.5) is 0 Å². The van der Waals surface area contributed by atoms with Gasteiger partial charge in [0.15, 0.2) is 5.96 Å². The monoisotopic (exact) mass is 467 g/mol. The number of likely N-dealkylation sites (N-methyl/N-ethyl adjacent to an activating group) is 1. The van der Waals surface area contributed by atoms with Crippen LogP contribution in [0.15, 0.2) is 4.99 Å². The minimum atomic E-state index is 0. The van der Waals surface area contributed by atoms with Gasteiger partial charge in [-0.3, -0.25) is 9.89 Å². The van der Waals surface area contributed by atoms with E-state index in [4.69, 9.17) is 9.73 Å². The average Bonchev–Trinajstić information content (AvgIpc) is 3.24. The number of guanidine groups is 1. The SMILES string of the molecule is CCNC(=NCCN(C)CCOC)NC1CCN(C2CCCC2)C1.I. The van der Waals surface area contributed by atoms with Crippen molar-refractivity contribution >= 4 is 29.9 Å². The summed E-state index contributed by atoms with van der Waals surface area (Å²) in [5, 5.41) is 7.03. The first-order chi connectivity index (χ1) is 11.7. The Morgan fingerprint density at radius 2 is 2.00 bits per heavy atom. The molecular formula is C18H38IN5O. The Hall–Kier alpha value is -0.120. The van der Waals surface area contributed by atoms with Gasteiger partial charge in [-0.15, -0.1) is 24.0 Å². The Bertz CT molecular complexity index is 376. The molecular weight excluding hydrogens is 429 g/mol. The quantitative estimate of drug-likeness (QED) is 0.308. The van der Waals surface area contributed by atoms with Crippen LogP contribution in [0.1, 0.15) is 39.0 Å². The van der Waals surface area contributed by atoms with E-state index in [0.717, 1.165) is 44.8 Å². The van der Waals surface area contributed by atoms with Crippen molar-refractivity contribution < 1.29 is 4.74 Å². The van der Waals surface area contributed by atoms with E-state index in [1.165, 1.54) is 45.2 Å². The minimum absolute atomic E-state index is 0. The van der Waals surface area contributed by atoms with Crippen molar-refractivity contribution in [1.29, 1.82) is 0 Å². The van der Waals surface area contributed by atoms with Gasteiger partial charge in [0.2, 0.25) is 0 Å². The number of nitrogens with zero attached hydrogens (tertiary/aromatic N) is 3. The summed E-state index contributed by atoms with van der Waals surface area (Å²) in [6.45, 7) is 8.94. The van der Waals surface area contributed by atoms with Crippen molar-refractivity contribution in [3.05, 3.63) is 0 Å². The fourth-order valence-electron chi connectivity index (χ4n) is 3.71. The topological polar surface area (TPSA) is 52.1 Å². The van der Waals surface area contributed by atoms with Gasteiger partial charge in [-0.2, -0.15) is 0 Å². The van der Waals surface area contributed by atoms with E-state index < -0.39 is 0 Å². The van der Waals surface area contributed by atoms with E-state index in [1.54, 1.807) is 7.11 Å². The zero-order valence-electron chi connectivity index (χ0n) is 16.3. The Balaban J connectivity index is 0.00000312. The van der Waals surface area contributed by atoms with Gasteiger partial charge in [0.25, 0.3) is 0 Å². The molecule has 0 radical (unpaired) electrons. The van der Waals surface area contributed by atoms with Crippen LogP contribution in [0.3, 0.4) is 0 Å². The molecule has 1 saturated carbocycles. The van der Waals surface area contributed by atoms with Crippen molar-refractivity contribution in [1.82, 2.24) is 20.4 Å². The van der Waals surface area contributed by atoms with Gasteiger partial charge in [-0.1, -0.05) is 12.8 Å². The van der Waals surface area contributed by atoms with E-state index in [9.17, 15) is 0 Å². The smallest absolute Gasteiger partial charge is 0.191 e. The molecule has 2 N–H and O–H groups in total. The number of hydrogen-bond acceptors (Lipinski definition) is 4. The summed E-state index contributed by atoms with van der Waals surface area (Å²) in [5.74, 6) is 0.968. The first-order valence-electron chi connectivity index (χ1n) is 9.69. The largest absolute Gasteiger partial charge is 0.383 e. The first-order valence-corrected chi connectivity index (χ1v) is 9.69. The molecule has 2 rings (SSSR count). The number of likely N-dealkylation sites (tertiary alicyclic amines) is 1. The standard InChI is InChI=1S/C18H37N5O.HI/c1-4-19-18(20-10-12-22(2)13-14-24-3)21-16-9-11-23(15-16)17-7-5-6-8-17;/h16-17H,4-15H2,1-3H3,(H2,19,20,21);1H. The normalized spacial score (nSPS) is 22.4. The number of methoxy groups -OCH3 is 1. The number of rotatable bonds is 9. The zero-order valence-corrected chi connectivity index (χ0v) is 18.6. The molecule has 0 aromatic heterocycles. The Morgan fingerprint density at radius 1 is 1.24 bits per heavy atom. The highest BCUT2D eigenvalue weighted by atomic mass is 127. The van der Waals surface area contributed by atoms with E-state index in [2.05, 4.69) is 34.4 Å². The first kappa shape index (κ1) is 22.9. The summed E-state index contributed by atoms with van der Waals surface area (Å²) >= 11 is 0. The third-order valence-electron chi connectivity index (χ3n) is 5.17. The predicted molar refractivity (Wildman–Crippen MR) is 116 cm³/mol. The van der Waals surface area contributed by atoms with E-state index in [0.29, 0.717) is 6.04 Å². The summed E-state index contributed by atoms with van der Waals surface area (Å²) in [6.07, 6.45) is 6.86. The van der Waals surface area contributed by atoms with Crippen molar-refractivity contribution in [2.75, 3.05) is 60.0 Å². The number of nitrogens with one attached hydrogen (secondary N) is 2. The van der Waals surface area contributed by atoms with Gasteiger partial charge in [0.05, 0.1) is 13.2 Å². The Labute approximate surface area is 171 Å². The molecule has 2 fully saturated rings. The molecule has 0 amide bonds. The van der Waals surface area contributed by atoms with Crippen LogP contribution in [-0.4, -0.2) is 87.9 Å². The third kappa shape index (κ3) is 8.41. The molecule has 25 heavy (non-hydrogen) atoms. The van der Waals surface area contributed by atoms with Gasteiger partial charge in [-0.05, 0) is 33.2 Å². The van der Waals surface area contributed by atoms with E-state index in [-0.39, 0.29) is 24.0 Å². The average molecular weight is 467 g/mol. The highest BCUT2D eigenvalue weighted by Crippen LogP contribution is 2.26. The van der Waals surface area contributed by atoms with E-state index >= 15 is 0 Å². The molecule has 1 unspecified atom stereocenters. The number of halogens is 1. The fraction of sp³-hybridized carbons (Fsp3) is 0.944. The van der Waals surface area contributed by atoms with Crippen LogP contribution >= 0.6 is 24.0 Å². The van der Waals surface area contributed by atoms with Gasteiger partial charge in [0.1, 0.15) is 0 Å². The van der Waals surface area contributed by atoms with Crippen LogP contribution in [0, 0.1) is 0 Å². The second-order valence-corrected chi connectivity index (χ2v) is 7.12. The number of ether oxygens (including phenoxy) is 1. The van der Waals surface area contributed by atoms with Crippen molar-refractivity contribution in [2.24, 2.45) is 4.99 Å². The minimum Gasteiger partial charge on any atom is -0.383 e.